The van der Waals surface area contributed by atoms with Crippen molar-refractivity contribution in [3.05, 3.63) is 42.0 Å². The molecule has 1 amide bonds. The minimum Gasteiger partial charge on any atom is -0.440 e. The normalized spacial score (nSPS) is 11.8. The van der Waals surface area contributed by atoms with Gasteiger partial charge in [0.2, 0.25) is 11.8 Å². The van der Waals surface area contributed by atoms with E-state index in [1.165, 1.54) is 6.07 Å². The summed E-state index contributed by atoms with van der Waals surface area (Å²) in [4.78, 5) is 14.0. The molecule has 0 unspecified atom stereocenters. The lowest BCUT2D eigenvalue weighted by Crippen LogP contribution is -2.34. The van der Waals surface area contributed by atoms with E-state index < -0.39 is 11.7 Å². The molecule has 1 heterocycles. The Kier molecular flexibility index (Phi) is 5.93. The van der Waals surface area contributed by atoms with E-state index >= 15 is 0 Å². The number of alkyl halides is 3. The van der Waals surface area contributed by atoms with E-state index in [-0.39, 0.29) is 11.8 Å². The van der Waals surface area contributed by atoms with Crippen molar-refractivity contribution in [2.24, 2.45) is 5.92 Å². The van der Waals surface area contributed by atoms with Gasteiger partial charge in [-0.1, -0.05) is 39.3 Å². The van der Waals surface area contributed by atoms with Crippen LogP contribution in [0.1, 0.15) is 39.2 Å². The van der Waals surface area contributed by atoms with E-state index in [4.69, 9.17) is 4.42 Å². The molecule has 0 N–H and O–H groups in total. The second-order valence-electron chi connectivity index (χ2n) is 6.21. The quantitative estimate of drug-likeness (QED) is 0.662. The first-order valence-corrected chi connectivity index (χ1v) is 8.33. The Hall–Kier alpha value is -2.24. The Balaban J connectivity index is 2.32. The van der Waals surface area contributed by atoms with Gasteiger partial charge in [-0.15, -0.1) is 0 Å². The van der Waals surface area contributed by atoms with Gasteiger partial charge < -0.3 is 4.42 Å². The Morgan fingerprint density at radius 1 is 1.20 bits per heavy atom. The van der Waals surface area contributed by atoms with E-state index in [2.05, 4.69) is 0 Å². The molecule has 0 radical (unpaired) electrons. The molecule has 0 saturated carbocycles. The fourth-order valence-corrected chi connectivity index (χ4v) is 2.43. The van der Waals surface area contributed by atoms with E-state index in [9.17, 15) is 18.0 Å². The minimum absolute atomic E-state index is 0.0709. The van der Waals surface area contributed by atoms with Gasteiger partial charge in [0.1, 0.15) is 5.76 Å². The molecule has 25 heavy (non-hydrogen) atoms. The zero-order chi connectivity index (χ0) is 18.6. The van der Waals surface area contributed by atoms with Crippen LogP contribution in [0.3, 0.4) is 0 Å². The van der Waals surface area contributed by atoms with Gasteiger partial charge in [-0.3, -0.25) is 9.69 Å². The molecule has 0 saturated heterocycles. The van der Waals surface area contributed by atoms with Crippen LogP contribution in [0.5, 0.6) is 0 Å². The maximum absolute atomic E-state index is 12.9. The summed E-state index contributed by atoms with van der Waals surface area (Å²) in [5, 5.41) is 0. The summed E-state index contributed by atoms with van der Waals surface area (Å²) in [5.41, 5.74) is -0.405. The highest BCUT2D eigenvalue weighted by Gasteiger charge is 2.30. The molecule has 1 aromatic carbocycles. The number of rotatable bonds is 6. The molecule has 0 aliphatic rings. The van der Waals surface area contributed by atoms with Crippen molar-refractivity contribution in [1.29, 1.82) is 0 Å². The third-order valence-electron chi connectivity index (χ3n) is 3.83. The molecular formula is C19H22F3NO2. The second kappa shape index (κ2) is 7.76. The predicted molar refractivity (Wildman–Crippen MR) is 91.2 cm³/mol. The van der Waals surface area contributed by atoms with Crippen LogP contribution in [-0.2, 0) is 11.0 Å². The number of amides is 1. The number of unbranched alkanes of at least 4 members (excludes halogenated alkanes) is 1. The van der Waals surface area contributed by atoms with Crippen molar-refractivity contribution < 1.29 is 22.4 Å². The number of anilines is 1. The number of nitrogens with zero attached hydrogens (tertiary/aromatic N) is 1. The average molecular weight is 353 g/mol. The van der Waals surface area contributed by atoms with Crippen LogP contribution in [0, 0.1) is 5.92 Å². The SMILES string of the molecule is CCCCN(C(=O)C(C)C)c1ccc(-c2cccc(C(F)(F)F)c2)o1. The molecule has 0 aliphatic heterocycles. The first kappa shape index (κ1) is 19.1. The first-order valence-electron chi connectivity index (χ1n) is 8.33. The van der Waals surface area contributed by atoms with Crippen LogP contribution in [0.2, 0.25) is 0 Å². The van der Waals surface area contributed by atoms with Gasteiger partial charge in [0, 0.05) is 24.1 Å². The number of halogens is 3. The number of furan rings is 1. The lowest BCUT2D eigenvalue weighted by Gasteiger charge is -2.21. The summed E-state index contributed by atoms with van der Waals surface area (Å²) in [7, 11) is 0. The Morgan fingerprint density at radius 3 is 2.52 bits per heavy atom. The van der Waals surface area contributed by atoms with Crippen molar-refractivity contribution in [2.45, 2.75) is 39.8 Å². The summed E-state index contributed by atoms with van der Waals surface area (Å²) in [6, 6.07) is 8.18. The third-order valence-corrected chi connectivity index (χ3v) is 3.83. The molecule has 0 aliphatic carbocycles. The highest BCUT2D eigenvalue weighted by molar-refractivity contribution is 5.93. The van der Waals surface area contributed by atoms with Crippen molar-refractivity contribution >= 4 is 11.8 Å². The standard InChI is InChI=1S/C19H22F3NO2/c1-4-5-11-23(18(24)13(2)3)17-10-9-16(25-17)14-7-6-8-15(12-14)19(20,21)22/h6-10,12-13H,4-5,11H2,1-3H3. The number of hydrogen-bond donors (Lipinski definition) is 0. The summed E-state index contributed by atoms with van der Waals surface area (Å²) in [6.07, 6.45) is -2.67. The first-order chi connectivity index (χ1) is 11.7. The lowest BCUT2D eigenvalue weighted by molar-refractivity contribution is -0.137. The molecule has 0 bridgehead atoms. The minimum atomic E-state index is -4.41. The second-order valence-corrected chi connectivity index (χ2v) is 6.21. The van der Waals surface area contributed by atoms with Crippen molar-refractivity contribution in [3.8, 4) is 11.3 Å². The molecule has 136 valence electrons. The van der Waals surface area contributed by atoms with Crippen molar-refractivity contribution in [2.75, 3.05) is 11.4 Å². The van der Waals surface area contributed by atoms with Crippen LogP contribution in [0.15, 0.2) is 40.8 Å². The predicted octanol–water partition coefficient (Wildman–Crippen LogP) is 5.75. The average Bonchev–Trinajstić information content (AvgIpc) is 3.04. The van der Waals surface area contributed by atoms with Crippen molar-refractivity contribution in [1.82, 2.24) is 0 Å². The van der Waals surface area contributed by atoms with Crippen LogP contribution < -0.4 is 4.90 Å². The monoisotopic (exact) mass is 353 g/mol. The Morgan fingerprint density at radius 2 is 1.92 bits per heavy atom. The fraction of sp³-hybridized carbons (Fsp3) is 0.421. The van der Waals surface area contributed by atoms with Crippen LogP contribution in [-0.4, -0.2) is 12.5 Å². The maximum Gasteiger partial charge on any atom is 0.416 e. The molecule has 1 aromatic heterocycles. The summed E-state index contributed by atoms with van der Waals surface area (Å²) >= 11 is 0. The maximum atomic E-state index is 12.9. The molecule has 2 rings (SSSR count). The summed E-state index contributed by atoms with van der Waals surface area (Å²) < 4.78 is 44.3. The number of carbonyl (C=O) groups excluding carboxylic acids is 1. The van der Waals surface area contributed by atoms with E-state index in [1.54, 1.807) is 36.9 Å². The van der Waals surface area contributed by atoms with Crippen LogP contribution >= 0.6 is 0 Å². The zero-order valence-corrected chi connectivity index (χ0v) is 14.6. The number of benzene rings is 1. The van der Waals surface area contributed by atoms with Gasteiger partial charge in [0.25, 0.3) is 0 Å². The van der Waals surface area contributed by atoms with Gasteiger partial charge in [-0.25, -0.2) is 0 Å². The molecule has 3 nitrogen and oxygen atoms in total. The molecular weight excluding hydrogens is 331 g/mol. The molecule has 0 fully saturated rings. The largest absolute Gasteiger partial charge is 0.440 e. The Bertz CT molecular complexity index is 719. The summed E-state index contributed by atoms with van der Waals surface area (Å²) in [5.74, 6) is 0.399. The van der Waals surface area contributed by atoms with E-state index in [1.807, 2.05) is 6.92 Å². The Labute approximate surface area is 145 Å². The third kappa shape index (κ3) is 4.65. The summed E-state index contributed by atoms with van der Waals surface area (Å²) in [6.45, 7) is 6.15. The van der Waals surface area contributed by atoms with Crippen molar-refractivity contribution in [3.63, 3.8) is 0 Å². The zero-order valence-electron chi connectivity index (χ0n) is 14.6. The van der Waals surface area contributed by atoms with Gasteiger partial charge in [0.15, 0.2) is 0 Å². The molecule has 0 spiro atoms. The topological polar surface area (TPSA) is 33.5 Å². The lowest BCUT2D eigenvalue weighted by atomic mass is 10.1. The van der Waals surface area contributed by atoms with Gasteiger partial charge in [0.05, 0.1) is 5.56 Å². The smallest absolute Gasteiger partial charge is 0.416 e. The van der Waals surface area contributed by atoms with Crippen LogP contribution in [0.4, 0.5) is 19.1 Å². The van der Waals surface area contributed by atoms with E-state index in [0.29, 0.717) is 23.8 Å². The van der Waals surface area contributed by atoms with Gasteiger partial charge in [-0.2, -0.15) is 13.2 Å². The number of hydrogen-bond acceptors (Lipinski definition) is 2. The molecule has 0 atom stereocenters. The fourth-order valence-electron chi connectivity index (χ4n) is 2.43. The highest BCUT2D eigenvalue weighted by atomic mass is 19.4. The molecule has 6 heteroatoms. The van der Waals surface area contributed by atoms with E-state index in [0.717, 1.165) is 25.0 Å². The van der Waals surface area contributed by atoms with Gasteiger partial charge in [-0.05, 0) is 24.6 Å². The molecule has 2 aromatic rings. The highest BCUT2D eigenvalue weighted by Crippen LogP contribution is 2.34. The van der Waals surface area contributed by atoms with Crippen LogP contribution in [0.25, 0.3) is 11.3 Å². The number of carbonyl (C=O) groups is 1. The van der Waals surface area contributed by atoms with Gasteiger partial charge >= 0.3 is 6.18 Å².